The van der Waals surface area contributed by atoms with E-state index in [0.717, 1.165) is 52.6 Å². The van der Waals surface area contributed by atoms with Gasteiger partial charge in [0, 0.05) is 48.0 Å². The van der Waals surface area contributed by atoms with E-state index in [1.54, 1.807) is 0 Å². The molecule has 0 aliphatic carbocycles. The van der Waals surface area contributed by atoms with E-state index >= 15 is 0 Å². The fourth-order valence-electron chi connectivity index (χ4n) is 5.00. The Bertz CT molecular complexity index is 1150. The van der Waals surface area contributed by atoms with Gasteiger partial charge in [-0.3, -0.25) is 0 Å². The summed E-state index contributed by atoms with van der Waals surface area (Å²) in [7, 11) is 5.78. The number of esters is 1. The highest BCUT2D eigenvalue weighted by atomic mass is 33.1. The molecule has 2 aromatic carbocycles. The highest BCUT2D eigenvalue weighted by molar-refractivity contribution is 8.76. The van der Waals surface area contributed by atoms with E-state index in [4.69, 9.17) is 4.74 Å². The van der Waals surface area contributed by atoms with Crippen LogP contribution in [0.25, 0.3) is 6.08 Å². The van der Waals surface area contributed by atoms with Crippen molar-refractivity contribution in [3.63, 3.8) is 0 Å². The zero-order valence-corrected chi connectivity index (χ0v) is 23.5. The number of hydrogen-bond donors (Lipinski definition) is 2. The van der Waals surface area contributed by atoms with Crippen LogP contribution in [0.2, 0.25) is 0 Å². The van der Waals surface area contributed by atoms with Gasteiger partial charge in [-0.05, 0) is 62.6 Å². The highest BCUT2D eigenvalue weighted by Gasteiger charge is 2.43. The second kappa shape index (κ2) is 12.5. The first kappa shape index (κ1) is 27.8. The number of carbonyl (C=O) groups is 1. The zero-order valence-electron chi connectivity index (χ0n) is 21.9. The van der Waals surface area contributed by atoms with Crippen LogP contribution in [0.4, 0.5) is 11.4 Å². The van der Waals surface area contributed by atoms with Crippen LogP contribution in [0.5, 0.6) is 0 Å². The third kappa shape index (κ3) is 6.42. The van der Waals surface area contributed by atoms with Crippen LogP contribution >= 0.6 is 21.6 Å². The number of aliphatic hydroxyl groups excluding tert-OH is 2. The van der Waals surface area contributed by atoms with Crippen LogP contribution < -0.4 is 4.90 Å². The van der Waals surface area contributed by atoms with Crippen molar-refractivity contribution >= 4 is 50.7 Å². The second-order valence-electron chi connectivity index (χ2n) is 9.91. The minimum absolute atomic E-state index is 0.00487. The first-order valence-corrected chi connectivity index (χ1v) is 15.3. The third-order valence-corrected chi connectivity index (χ3v) is 9.58. The van der Waals surface area contributed by atoms with Gasteiger partial charge in [-0.25, -0.2) is 4.79 Å². The van der Waals surface area contributed by atoms with Crippen molar-refractivity contribution in [2.24, 2.45) is 0 Å². The molecule has 0 unspecified atom stereocenters. The maximum atomic E-state index is 13.0. The lowest BCUT2D eigenvalue weighted by molar-refractivity contribution is -0.401. The number of anilines is 1. The summed E-state index contributed by atoms with van der Waals surface area (Å²) in [5.41, 5.74) is 5.74. The Labute approximate surface area is 227 Å². The number of hydrogen-bond acceptors (Lipinski definition) is 7. The number of rotatable bonds is 9. The number of carbonyl (C=O) groups excluding carboxylic acids is 1. The lowest BCUT2D eigenvalue weighted by atomic mass is 9.80. The average molecular weight is 542 g/mol. The quantitative estimate of drug-likeness (QED) is 0.266. The molecule has 6 nitrogen and oxygen atoms in total. The lowest BCUT2D eigenvalue weighted by Crippen LogP contribution is -2.29. The van der Waals surface area contributed by atoms with Crippen LogP contribution in [0, 0.1) is 0 Å². The van der Waals surface area contributed by atoms with Gasteiger partial charge in [0.2, 0.25) is 5.69 Å². The van der Waals surface area contributed by atoms with Crippen molar-refractivity contribution in [1.82, 2.24) is 0 Å². The van der Waals surface area contributed by atoms with Crippen molar-refractivity contribution < 1.29 is 24.3 Å². The highest BCUT2D eigenvalue weighted by Crippen LogP contribution is 2.40. The molecule has 2 N–H and O–H groups in total. The van der Waals surface area contributed by atoms with Gasteiger partial charge in [0.15, 0.2) is 5.71 Å². The first-order chi connectivity index (χ1) is 17.8. The van der Waals surface area contributed by atoms with E-state index in [-0.39, 0.29) is 30.7 Å². The molecule has 8 heteroatoms. The summed E-state index contributed by atoms with van der Waals surface area (Å²) in [5, 5.41) is 18.6. The monoisotopic (exact) mass is 541 g/mol. The van der Waals surface area contributed by atoms with Crippen LogP contribution in [-0.4, -0.2) is 77.4 Å². The molecule has 0 saturated carbocycles. The van der Waals surface area contributed by atoms with Gasteiger partial charge < -0.3 is 19.8 Å². The van der Waals surface area contributed by atoms with Gasteiger partial charge in [-0.1, -0.05) is 33.7 Å². The number of ether oxygens (including phenoxy) is 1. The molecule has 2 aliphatic heterocycles. The Kier molecular flexibility index (Phi) is 9.40. The number of nitrogens with zero attached hydrogens (tertiary/aromatic N) is 2. The molecule has 2 aliphatic rings. The summed E-state index contributed by atoms with van der Waals surface area (Å²) in [4.78, 5) is 14.9. The van der Waals surface area contributed by atoms with Crippen LogP contribution in [0.3, 0.4) is 0 Å². The normalized spacial score (nSPS) is 17.6. The summed E-state index contributed by atoms with van der Waals surface area (Å²) < 4.78 is 8.06. The molecule has 2 aromatic rings. The molecule has 1 fully saturated rings. The van der Waals surface area contributed by atoms with Crippen molar-refractivity contribution in [3.8, 4) is 0 Å². The Balaban J connectivity index is 1.49. The molecule has 0 bridgehead atoms. The van der Waals surface area contributed by atoms with Crippen molar-refractivity contribution in [1.29, 1.82) is 0 Å². The molecule has 0 radical (unpaired) electrons. The Morgan fingerprint density at radius 1 is 1.05 bits per heavy atom. The maximum absolute atomic E-state index is 13.0. The number of allylic oxidation sites excluding steroid dienone is 1. The third-order valence-electron chi connectivity index (χ3n) is 7.10. The van der Waals surface area contributed by atoms with E-state index < -0.39 is 0 Å². The van der Waals surface area contributed by atoms with E-state index in [1.807, 2.05) is 69.0 Å². The maximum Gasteiger partial charge on any atom is 0.338 e. The van der Waals surface area contributed by atoms with Crippen LogP contribution in [0.1, 0.15) is 48.2 Å². The first-order valence-electron chi connectivity index (χ1n) is 12.8. The fourth-order valence-corrected chi connectivity index (χ4v) is 7.24. The molecule has 4 rings (SSSR count). The van der Waals surface area contributed by atoms with E-state index in [1.165, 1.54) is 0 Å². The average Bonchev–Trinajstić information content (AvgIpc) is 3.06. The predicted octanol–water partition coefficient (Wildman–Crippen LogP) is 4.90. The molecule has 0 amide bonds. The fraction of sp³-hybridized carbons (Fsp3) is 0.448. The molecular formula is C29H37N2O4S2+. The van der Waals surface area contributed by atoms with Crippen molar-refractivity contribution in [2.75, 3.05) is 49.8 Å². The molecule has 2 heterocycles. The number of benzene rings is 2. The van der Waals surface area contributed by atoms with Gasteiger partial charge in [0.1, 0.15) is 13.2 Å². The number of fused-ring (bicyclic) bond motifs is 1. The van der Waals surface area contributed by atoms with E-state index in [2.05, 4.69) is 37.6 Å². The summed E-state index contributed by atoms with van der Waals surface area (Å²) in [6.07, 6.45) is 6.06. The smallest absolute Gasteiger partial charge is 0.338 e. The molecule has 0 atom stereocenters. The Morgan fingerprint density at radius 3 is 2.32 bits per heavy atom. The minimum atomic E-state index is -0.272. The summed E-state index contributed by atoms with van der Waals surface area (Å²) in [5.74, 6) is 1.80. The number of aliphatic hydroxyl groups is 2. The van der Waals surface area contributed by atoms with Gasteiger partial charge in [0.25, 0.3) is 0 Å². The Morgan fingerprint density at radius 2 is 1.70 bits per heavy atom. The largest absolute Gasteiger partial charge is 0.459 e. The summed E-state index contributed by atoms with van der Waals surface area (Å²) >= 11 is 0. The topological polar surface area (TPSA) is 73.0 Å². The summed E-state index contributed by atoms with van der Waals surface area (Å²) in [6.45, 7) is 5.43. The van der Waals surface area contributed by atoms with Gasteiger partial charge in [0.05, 0.1) is 24.2 Å². The lowest BCUT2D eigenvalue weighted by Gasteiger charge is -2.22. The molecule has 37 heavy (non-hydrogen) atoms. The summed E-state index contributed by atoms with van der Waals surface area (Å²) in [6, 6.07) is 14.0. The van der Waals surface area contributed by atoms with Crippen molar-refractivity contribution in [3.05, 3.63) is 65.2 Å². The molecule has 0 spiro atoms. The molecule has 1 saturated heterocycles. The van der Waals surface area contributed by atoms with Gasteiger partial charge in [-0.2, -0.15) is 4.58 Å². The molecule has 0 aromatic heterocycles. The Hall–Kier alpha value is -2.26. The molecular weight excluding hydrogens is 504 g/mol. The predicted molar refractivity (Wildman–Crippen MR) is 156 cm³/mol. The second-order valence-corrected chi connectivity index (χ2v) is 12.6. The van der Waals surface area contributed by atoms with Crippen LogP contribution in [-0.2, 0) is 10.2 Å². The SMILES string of the molecule is C[N+]1=C(C=Cc2ccc(N(CCO)CCO)cc2)C(C)(C)c2cc(C(=O)OC3CCSSCC3)ccc21. The standard InChI is InChI=1S/C29H37N2O4S2/c1-29(2)25-20-22(28(34)35-24-12-18-36-37-19-13-24)7-10-26(25)30(3)27(29)11-6-21-4-8-23(9-5-21)31(14-16-32)15-17-33/h4-11,20,24,32-33H,12-19H2,1-3H3/q+1. The van der Waals surface area contributed by atoms with Gasteiger partial charge in [-0.15, -0.1) is 0 Å². The minimum Gasteiger partial charge on any atom is -0.459 e. The van der Waals surface area contributed by atoms with Crippen molar-refractivity contribution in [2.45, 2.75) is 38.2 Å². The van der Waals surface area contributed by atoms with E-state index in [0.29, 0.717) is 18.7 Å². The molecule has 198 valence electrons. The zero-order chi connectivity index (χ0) is 26.4. The van der Waals surface area contributed by atoms with Crippen LogP contribution in [0.15, 0.2) is 48.5 Å². The van der Waals surface area contributed by atoms with E-state index in [9.17, 15) is 15.0 Å². The van der Waals surface area contributed by atoms with Gasteiger partial charge >= 0.3 is 5.97 Å².